The summed E-state index contributed by atoms with van der Waals surface area (Å²) in [5.41, 5.74) is 2.63. The average molecular weight is 346 g/mol. The maximum atomic E-state index is 11.8. The van der Waals surface area contributed by atoms with Gasteiger partial charge in [-0.3, -0.25) is 4.79 Å². The Kier molecular flexibility index (Phi) is 7.43. The normalized spacial score (nSPS) is 12.3. The van der Waals surface area contributed by atoms with Crippen LogP contribution in [0.3, 0.4) is 0 Å². The predicted molar refractivity (Wildman–Crippen MR) is 102 cm³/mol. The van der Waals surface area contributed by atoms with E-state index >= 15 is 0 Å². The van der Waals surface area contributed by atoms with Crippen molar-refractivity contribution < 1.29 is 4.79 Å². The highest BCUT2D eigenvalue weighted by molar-refractivity contribution is 7.12. The number of carbonyl (C=O) groups is 1. The molecule has 4 nitrogen and oxygen atoms in total. The monoisotopic (exact) mass is 345 g/mol. The summed E-state index contributed by atoms with van der Waals surface area (Å²) in [6.45, 7) is 4.70. The molecule has 0 bridgehead atoms. The van der Waals surface area contributed by atoms with E-state index in [2.05, 4.69) is 60.8 Å². The molecule has 1 unspecified atom stereocenters. The molecule has 2 aromatic rings. The molecule has 0 spiro atoms. The van der Waals surface area contributed by atoms with Gasteiger partial charge in [-0.25, -0.2) is 0 Å². The first-order valence-electron chi connectivity index (χ1n) is 8.35. The third-order valence-corrected chi connectivity index (χ3v) is 4.65. The number of carbonyl (C=O) groups excluding carboxylic acids is 1. The van der Waals surface area contributed by atoms with Crippen LogP contribution < -0.4 is 10.6 Å². The lowest BCUT2D eigenvalue weighted by Crippen LogP contribution is -2.27. The van der Waals surface area contributed by atoms with Crippen molar-refractivity contribution in [2.75, 3.05) is 27.2 Å². The van der Waals surface area contributed by atoms with Crippen molar-refractivity contribution in [1.82, 2.24) is 15.5 Å². The summed E-state index contributed by atoms with van der Waals surface area (Å²) < 4.78 is 0. The fraction of sp³-hybridized carbons (Fsp3) is 0.421. The number of benzene rings is 1. The fourth-order valence-corrected chi connectivity index (χ4v) is 3.19. The number of amides is 1. The third-order valence-electron chi connectivity index (χ3n) is 3.78. The second kappa shape index (κ2) is 9.57. The molecule has 0 saturated carbocycles. The van der Waals surface area contributed by atoms with Gasteiger partial charge in [0.05, 0.1) is 4.88 Å². The molecule has 0 fully saturated rings. The molecule has 1 atom stereocenters. The van der Waals surface area contributed by atoms with Gasteiger partial charge in [0.2, 0.25) is 0 Å². The molecular weight excluding hydrogens is 318 g/mol. The number of hydrogen-bond donors (Lipinski definition) is 2. The van der Waals surface area contributed by atoms with Gasteiger partial charge in [0.15, 0.2) is 0 Å². The van der Waals surface area contributed by atoms with Gasteiger partial charge in [0.25, 0.3) is 5.91 Å². The van der Waals surface area contributed by atoms with E-state index in [1.54, 1.807) is 0 Å². The maximum absolute atomic E-state index is 11.8. The third kappa shape index (κ3) is 6.07. The lowest BCUT2D eigenvalue weighted by Gasteiger charge is -2.16. The summed E-state index contributed by atoms with van der Waals surface area (Å²) >= 11 is 1.47. The molecule has 0 aliphatic carbocycles. The Labute approximate surface area is 148 Å². The molecule has 1 aromatic carbocycles. The summed E-state index contributed by atoms with van der Waals surface area (Å²) in [6.07, 6.45) is 0.916. The van der Waals surface area contributed by atoms with Crippen LogP contribution in [0, 0.1) is 0 Å². The van der Waals surface area contributed by atoms with E-state index in [1.807, 2.05) is 17.5 Å². The van der Waals surface area contributed by atoms with Crippen LogP contribution in [0.2, 0.25) is 0 Å². The van der Waals surface area contributed by atoms with E-state index < -0.39 is 0 Å². The highest BCUT2D eigenvalue weighted by Crippen LogP contribution is 2.15. The number of thiophene rings is 1. The summed E-state index contributed by atoms with van der Waals surface area (Å²) in [7, 11) is 4.16. The molecule has 2 rings (SSSR count). The topological polar surface area (TPSA) is 44.4 Å². The van der Waals surface area contributed by atoms with Crippen molar-refractivity contribution in [2.45, 2.75) is 25.9 Å². The van der Waals surface area contributed by atoms with Crippen LogP contribution in [0.15, 0.2) is 41.8 Å². The van der Waals surface area contributed by atoms with Crippen molar-refractivity contribution in [3.63, 3.8) is 0 Å². The molecule has 0 aliphatic rings. The molecule has 1 amide bonds. The first kappa shape index (κ1) is 18.6. The van der Waals surface area contributed by atoms with Gasteiger partial charge in [-0.05, 0) is 56.6 Å². The molecule has 1 heterocycles. The van der Waals surface area contributed by atoms with Crippen molar-refractivity contribution in [2.24, 2.45) is 0 Å². The van der Waals surface area contributed by atoms with E-state index in [4.69, 9.17) is 0 Å². The van der Waals surface area contributed by atoms with Crippen molar-refractivity contribution >= 4 is 17.2 Å². The molecular formula is C19H27N3OS. The Morgan fingerprint density at radius 3 is 2.75 bits per heavy atom. The number of nitrogens with one attached hydrogen (secondary N) is 2. The predicted octanol–water partition coefficient (Wildman–Crippen LogP) is 3.28. The van der Waals surface area contributed by atoms with Gasteiger partial charge in [-0.15, -0.1) is 11.3 Å². The lowest BCUT2D eigenvalue weighted by molar-refractivity contribution is 0.0957. The Bertz CT molecular complexity index is 625. The fourth-order valence-electron chi connectivity index (χ4n) is 2.55. The van der Waals surface area contributed by atoms with E-state index in [9.17, 15) is 4.79 Å². The molecule has 5 heteroatoms. The van der Waals surface area contributed by atoms with Crippen molar-refractivity contribution in [1.29, 1.82) is 0 Å². The Balaban J connectivity index is 1.69. The summed E-state index contributed by atoms with van der Waals surface area (Å²) in [5.74, 6) is 0.0226. The van der Waals surface area contributed by atoms with E-state index in [1.165, 1.54) is 22.5 Å². The molecule has 0 saturated heterocycles. The van der Waals surface area contributed by atoms with Crippen LogP contribution in [0.4, 0.5) is 0 Å². The zero-order valence-corrected chi connectivity index (χ0v) is 15.5. The van der Waals surface area contributed by atoms with Gasteiger partial charge in [0, 0.05) is 19.1 Å². The van der Waals surface area contributed by atoms with Crippen LogP contribution in [0.1, 0.15) is 40.2 Å². The minimum atomic E-state index is 0.0226. The Morgan fingerprint density at radius 1 is 1.21 bits per heavy atom. The zero-order chi connectivity index (χ0) is 17.4. The second-order valence-electron chi connectivity index (χ2n) is 6.25. The molecule has 0 aliphatic heterocycles. The molecule has 2 N–H and O–H groups in total. The summed E-state index contributed by atoms with van der Waals surface area (Å²) in [5, 5.41) is 8.40. The van der Waals surface area contributed by atoms with Crippen LogP contribution >= 0.6 is 11.3 Å². The highest BCUT2D eigenvalue weighted by Gasteiger charge is 2.07. The van der Waals surface area contributed by atoms with E-state index in [0.717, 1.165) is 24.4 Å². The average Bonchev–Trinajstić information content (AvgIpc) is 3.08. The SMILES string of the molecule is CC(NCCCNC(=O)c1cccs1)c1cccc(CN(C)C)c1. The van der Waals surface area contributed by atoms with Crippen molar-refractivity contribution in [3.8, 4) is 0 Å². The molecule has 130 valence electrons. The Morgan fingerprint density at radius 2 is 2.04 bits per heavy atom. The quantitative estimate of drug-likeness (QED) is 0.686. The number of hydrogen-bond acceptors (Lipinski definition) is 4. The summed E-state index contributed by atoms with van der Waals surface area (Å²) in [6, 6.07) is 12.8. The largest absolute Gasteiger partial charge is 0.351 e. The first-order valence-corrected chi connectivity index (χ1v) is 9.23. The van der Waals surface area contributed by atoms with Gasteiger partial charge in [-0.1, -0.05) is 30.3 Å². The number of nitrogens with zero attached hydrogens (tertiary/aromatic N) is 1. The molecule has 0 radical (unpaired) electrons. The van der Waals surface area contributed by atoms with Gasteiger partial charge >= 0.3 is 0 Å². The van der Waals surface area contributed by atoms with Crippen LogP contribution in [-0.4, -0.2) is 38.0 Å². The number of rotatable bonds is 9. The van der Waals surface area contributed by atoms with Gasteiger partial charge in [-0.2, -0.15) is 0 Å². The van der Waals surface area contributed by atoms with E-state index in [-0.39, 0.29) is 5.91 Å². The van der Waals surface area contributed by atoms with Crippen LogP contribution in [0.25, 0.3) is 0 Å². The van der Waals surface area contributed by atoms with E-state index in [0.29, 0.717) is 12.6 Å². The van der Waals surface area contributed by atoms with Gasteiger partial charge < -0.3 is 15.5 Å². The first-order chi connectivity index (χ1) is 11.6. The maximum Gasteiger partial charge on any atom is 0.261 e. The highest BCUT2D eigenvalue weighted by atomic mass is 32.1. The van der Waals surface area contributed by atoms with Crippen molar-refractivity contribution in [3.05, 3.63) is 57.8 Å². The molecule has 1 aromatic heterocycles. The minimum Gasteiger partial charge on any atom is -0.351 e. The van der Waals surface area contributed by atoms with Crippen LogP contribution in [-0.2, 0) is 6.54 Å². The van der Waals surface area contributed by atoms with Crippen LogP contribution in [0.5, 0.6) is 0 Å². The lowest BCUT2D eigenvalue weighted by atomic mass is 10.0. The summed E-state index contributed by atoms with van der Waals surface area (Å²) in [4.78, 5) is 14.8. The zero-order valence-electron chi connectivity index (χ0n) is 14.7. The minimum absolute atomic E-state index is 0.0226. The smallest absolute Gasteiger partial charge is 0.261 e. The standard InChI is InChI=1S/C19H27N3OS/c1-15(17-8-4-7-16(13-17)14-22(2)3)20-10-6-11-21-19(23)18-9-5-12-24-18/h4-5,7-9,12-13,15,20H,6,10-11,14H2,1-3H3,(H,21,23). The molecule has 24 heavy (non-hydrogen) atoms. The Hall–Kier alpha value is -1.69. The van der Waals surface area contributed by atoms with Gasteiger partial charge in [0.1, 0.15) is 0 Å². The second-order valence-corrected chi connectivity index (χ2v) is 7.19.